The first-order valence-corrected chi connectivity index (χ1v) is 3.87. The fourth-order valence-corrected chi connectivity index (χ4v) is 0.700. The molecular weight excluding hydrogens is 148 g/mol. The molecule has 0 aromatic rings. The molecule has 3 heteroatoms. The molecule has 0 radical (unpaired) electrons. The first-order chi connectivity index (χ1) is 4.31. The summed E-state index contributed by atoms with van der Waals surface area (Å²) >= 11 is 5.93. The molecule has 0 spiro atoms. The molecule has 0 aliphatic carbocycles. The van der Waals surface area contributed by atoms with Gasteiger partial charge >= 0.3 is 0 Å². The largest absolute Gasteiger partial charge is 0.330 e. The second kappa shape index (κ2) is 3.07. The van der Waals surface area contributed by atoms with E-state index in [0.29, 0.717) is 6.54 Å². The van der Waals surface area contributed by atoms with Crippen LogP contribution in [0.25, 0.3) is 0 Å². The van der Waals surface area contributed by atoms with Crippen LogP contribution in [-0.4, -0.2) is 11.5 Å². The lowest BCUT2D eigenvalue weighted by atomic mass is 9.82. The van der Waals surface area contributed by atoms with E-state index in [-0.39, 0.29) is 5.41 Å². The third kappa shape index (κ3) is 2.45. The van der Waals surface area contributed by atoms with Gasteiger partial charge in [-0.1, -0.05) is 13.8 Å². The Morgan fingerprint density at radius 1 is 1.30 bits per heavy atom. The maximum absolute atomic E-state index is 5.93. The Hall–Kier alpha value is 0.210. The fraction of sp³-hybridized carbons (Fsp3) is 1.00. The second-order valence-corrected chi connectivity index (χ2v) is 4.28. The van der Waals surface area contributed by atoms with Gasteiger partial charge in [-0.15, -0.1) is 11.6 Å². The van der Waals surface area contributed by atoms with Crippen LogP contribution in [-0.2, 0) is 0 Å². The van der Waals surface area contributed by atoms with E-state index in [2.05, 4.69) is 0 Å². The van der Waals surface area contributed by atoms with Gasteiger partial charge in [-0.2, -0.15) is 0 Å². The molecule has 0 fully saturated rings. The van der Waals surface area contributed by atoms with Crippen LogP contribution in [0.2, 0.25) is 0 Å². The Bertz CT molecular complexity index is 105. The van der Waals surface area contributed by atoms with E-state index < -0.39 is 5.00 Å². The summed E-state index contributed by atoms with van der Waals surface area (Å²) in [5.41, 5.74) is 11.0. The zero-order valence-corrected chi connectivity index (χ0v) is 7.70. The lowest BCUT2D eigenvalue weighted by Crippen LogP contribution is -2.45. The first-order valence-electron chi connectivity index (χ1n) is 3.49. The number of hydrogen-bond donors (Lipinski definition) is 2. The topological polar surface area (TPSA) is 52.0 Å². The maximum atomic E-state index is 5.93. The van der Waals surface area contributed by atoms with E-state index in [9.17, 15) is 0 Å². The molecule has 0 aromatic heterocycles. The Labute approximate surface area is 67.9 Å². The van der Waals surface area contributed by atoms with E-state index in [4.69, 9.17) is 23.1 Å². The molecule has 1 unspecified atom stereocenters. The van der Waals surface area contributed by atoms with Gasteiger partial charge in [-0.25, -0.2) is 0 Å². The number of nitrogens with two attached hydrogens (primary N) is 2. The van der Waals surface area contributed by atoms with Gasteiger partial charge in [-0.3, -0.25) is 0 Å². The highest BCUT2D eigenvalue weighted by atomic mass is 35.5. The van der Waals surface area contributed by atoms with Crippen LogP contribution < -0.4 is 11.5 Å². The smallest absolute Gasteiger partial charge is 0.0934 e. The summed E-state index contributed by atoms with van der Waals surface area (Å²) in [6.07, 6.45) is 0.851. The summed E-state index contributed by atoms with van der Waals surface area (Å²) in [6.45, 7) is 6.48. The van der Waals surface area contributed by atoms with E-state index in [1.54, 1.807) is 0 Å². The van der Waals surface area contributed by atoms with E-state index in [1.165, 1.54) is 0 Å². The highest BCUT2D eigenvalue weighted by Crippen LogP contribution is 2.34. The van der Waals surface area contributed by atoms with Gasteiger partial charge in [0, 0.05) is 0 Å². The molecule has 0 aliphatic heterocycles. The predicted molar refractivity (Wildman–Crippen MR) is 45.9 cm³/mol. The lowest BCUT2D eigenvalue weighted by molar-refractivity contribution is 0.248. The van der Waals surface area contributed by atoms with Gasteiger partial charge in [0.1, 0.15) is 0 Å². The SMILES string of the molecule is CC(N)(Cl)C(C)(C)CCN. The van der Waals surface area contributed by atoms with Gasteiger partial charge in [0.05, 0.1) is 5.00 Å². The number of hydrogen-bond acceptors (Lipinski definition) is 2. The van der Waals surface area contributed by atoms with E-state index in [1.807, 2.05) is 20.8 Å². The van der Waals surface area contributed by atoms with Crippen molar-refractivity contribution in [3.63, 3.8) is 0 Å². The van der Waals surface area contributed by atoms with Crippen LogP contribution in [0, 0.1) is 5.41 Å². The Morgan fingerprint density at radius 3 is 1.80 bits per heavy atom. The lowest BCUT2D eigenvalue weighted by Gasteiger charge is -2.35. The monoisotopic (exact) mass is 164 g/mol. The average molecular weight is 165 g/mol. The van der Waals surface area contributed by atoms with E-state index in [0.717, 1.165) is 6.42 Å². The number of halogens is 1. The van der Waals surface area contributed by atoms with Crippen molar-refractivity contribution < 1.29 is 0 Å². The van der Waals surface area contributed by atoms with Gasteiger partial charge in [0.2, 0.25) is 0 Å². The molecule has 2 nitrogen and oxygen atoms in total. The zero-order chi connectivity index (χ0) is 8.41. The highest BCUT2D eigenvalue weighted by molar-refractivity contribution is 6.23. The quantitative estimate of drug-likeness (QED) is 0.488. The van der Waals surface area contributed by atoms with Gasteiger partial charge in [0.15, 0.2) is 0 Å². The summed E-state index contributed by atoms with van der Waals surface area (Å²) in [7, 11) is 0. The number of alkyl halides is 1. The van der Waals surface area contributed by atoms with Crippen LogP contribution in [0.1, 0.15) is 27.2 Å². The molecular formula is C7H17ClN2. The minimum atomic E-state index is -0.660. The molecule has 0 rings (SSSR count). The van der Waals surface area contributed by atoms with Crippen molar-refractivity contribution in [1.82, 2.24) is 0 Å². The standard InChI is InChI=1S/C7H17ClN2/c1-6(2,4-5-9)7(3,8)10/h4-5,9-10H2,1-3H3. The highest BCUT2D eigenvalue weighted by Gasteiger charge is 2.34. The van der Waals surface area contributed by atoms with Crippen LogP contribution in [0.3, 0.4) is 0 Å². The van der Waals surface area contributed by atoms with Gasteiger partial charge in [0.25, 0.3) is 0 Å². The van der Waals surface area contributed by atoms with Crippen LogP contribution in [0.4, 0.5) is 0 Å². The van der Waals surface area contributed by atoms with Crippen LogP contribution in [0.5, 0.6) is 0 Å². The minimum absolute atomic E-state index is 0.0939. The zero-order valence-electron chi connectivity index (χ0n) is 6.95. The molecule has 0 saturated carbocycles. The molecule has 0 heterocycles. The second-order valence-electron chi connectivity index (χ2n) is 3.50. The summed E-state index contributed by atoms with van der Waals surface area (Å²) < 4.78 is 0. The molecule has 0 saturated heterocycles. The molecule has 0 aromatic carbocycles. The molecule has 62 valence electrons. The van der Waals surface area contributed by atoms with Crippen LogP contribution in [0.15, 0.2) is 0 Å². The molecule has 1 atom stereocenters. The Balaban J connectivity index is 4.10. The van der Waals surface area contributed by atoms with Crippen molar-refractivity contribution in [3.8, 4) is 0 Å². The van der Waals surface area contributed by atoms with Crippen molar-refractivity contribution in [2.75, 3.05) is 6.54 Å². The normalized spacial score (nSPS) is 18.6. The summed E-state index contributed by atoms with van der Waals surface area (Å²) in [4.78, 5) is -0.660. The first kappa shape index (κ1) is 10.2. The molecule has 0 amide bonds. The predicted octanol–water partition coefficient (Wildman–Crippen LogP) is 1.28. The third-order valence-electron chi connectivity index (χ3n) is 2.09. The van der Waals surface area contributed by atoms with Crippen LogP contribution >= 0.6 is 11.6 Å². The molecule has 0 aliphatic rings. The summed E-state index contributed by atoms with van der Waals surface area (Å²) in [6, 6.07) is 0. The van der Waals surface area contributed by atoms with Gasteiger partial charge < -0.3 is 11.5 Å². The summed E-state index contributed by atoms with van der Waals surface area (Å²) in [5, 5.41) is 0. The molecule has 10 heavy (non-hydrogen) atoms. The van der Waals surface area contributed by atoms with Crippen molar-refractivity contribution in [1.29, 1.82) is 0 Å². The fourth-order valence-electron chi connectivity index (χ4n) is 0.605. The van der Waals surface area contributed by atoms with Gasteiger partial charge in [-0.05, 0) is 25.3 Å². The van der Waals surface area contributed by atoms with Crippen molar-refractivity contribution in [2.24, 2.45) is 16.9 Å². The molecule has 4 N–H and O–H groups in total. The maximum Gasteiger partial charge on any atom is 0.0934 e. The Morgan fingerprint density at radius 2 is 1.70 bits per heavy atom. The summed E-state index contributed by atoms with van der Waals surface area (Å²) in [5.74, 6) is 0. The van der Waals surface area contributed by atoms with Crippen molar-refractivity contribution >= 4 is 11.6 Å². The number of rotatable bonds is 3. The average Bonchev–Trinajstić information content (AvgIpc) is 1.61. The Kier molecular flexibility index (Phi) is 3.14. The minimum Gasteiger partial charge on any atom is -0.330 e. The van der Waals surface area contributed by atoms with Crippen molar-refractivity contribution in [2.45, 2.75) is 32.2 Å². The molecule has 0 bridgehead atoms. The van der Waals surface area contributed by atoms with E-state index >= 15 is 0 Å². The van der Waals surface area contributed by atoms with Crippen molar-refractivity contribution in [3.05, 3.63) is 0 Å². The third-order valence-corrected chi connectivity index (χ3v) is 2.60.